The van der Waals surface area contributed by atoms with E-state index in [9.17, 15) is 4.57 Å². The maximum Gasteiger partial charge on any atom is 0.469 e. The minimum absolute atomic E-state index is 0.120. The van der Waals surface area contributed by atoms with Gasteiger partial charge in [-0.3, -0.25) is 4.52 Å². The predicted octanol–water partition coefficient (Wildman–Crippen LogP) is 3.55. The van der Waals surface area contributed by atoms with E-state index >= 15 is 0 Å². The third-order valence-electron chi connectivity index (χ3n) is 3.92. The molecule has 0 amide bonds. The van der Waals surface area contributed by atoms with Gasteiger partial charge in [-0.2, -0.15) is 0 Å². The minimum atomic E-state index is -4.64. The zero-order valence-corrected chi connectivity index (χ0v) is 20.3. The van der Waals surface area contributed by atoms with Gasteiger partial charge in [0.1, 0.15) is 0 Å². The van der Waals surface area contributed by atoms with E-state index in [1.54, 1.807) is 0 Å². The van der Waals surface area contributed by atoms with Crippen molar-refractivity contribution in [2.24, 2.45) is 11.5 Å². The van der Waals surface area contributed by atoms with Gasteiger partial charge in [-0.15, -0.1) is 0 Å². The molecule has 0 saturated heterocycles. The number of hydrogen-bond acceptors (Lipinski definition) is 5. The second-order valence-electron chi connectivity index (χ2n) is 7.01. The fraction of sp³-hybridized carbons (Fsp3) is 1.00. The summed E-state index contributed by atoms with van der Waals surface area (Å²) in [5.74, 6) is 0. The molecular weight excluding hydrogens is 434 g/mol. The van der Waals surface area contributed by atoms with E-state index in [-0.39, 0.29) is 6.61 Å². The fourth-order valence-electron chi connectivity index (χ4n) is 2.42. The highest BCUT2D eigenvalue weighted by Crippen LogP contribution is 2.35. The van der Waals surface area contributed by atoms with Gasteiger partial charge in [0.25, 0.3) is 0 Å². The van der Waals surface area contributed by atoms with E-state index in [1.807, 2.05) is 0 Å². The van der Waals surface area contributed by atoms with Crippen molar-refractivity contribution in [3.8, 4) is 0 Å². The molecule has 0 radical (unpaired) electrons. The number of phosphoric acid groups is 2. The van der Waals surface area contributed by atoms with E-state index in [1.165, 1.54) is 64.2 Å². The zero-order chi connectivity index (χ0) is 23.7. The molecule has 0 aliphatic rings. The van der Waals surface area contributed by atoms with Gasteiger partial charge in [0.2, 0.25) is 0 Å². The normalized spacial score (nSPS) is 11.3. The van der Waals surface area contributed by atoms with Crippen LogP contribution in [-0.2, 0) is 13.7 Å². The SMILES string of the molecule is CCCCCCCCCCCCN.NCCCCCCOP(=O)(O)O.O=P(O)(O)O. The lowest BCUT2D eigenvalue weighted by atomic mass is 10.1. The maximum absolute atomic E-state index is 10.2. The van der Waals surface area contributed by atoms with E-state index in [0.29, 0.717) is 13.0 Å². The zero-order valence-electron chi connectivity index (χ0n) is 18.5. The van der Waals surface area contributed by atoms with E-state index in [4.69, 9.17) is 40.5 Å². The van der Waals surface area contributed by atoms with E-state index in [0.717, 1.165) is 25.8 Å². The van der Waals surface area contributed by atoms with Gasteiger partial charge < -0.3 is 35.9 Å². The topological polar surface area (TPSA) is 197 Å². The minimum Gasteiger partial charge on any atom is -0.330 e. The average molecular weight is 481 g/mol. The molecule has 9 N–H and O–H groups in total. The summed E-state index contributed by atoms with van der Waals surface area (Å²) in [7, 11) is -8.88. The number of hydrogen-bond donors (Lipinski definition) is 7. The Morgan fingerprint density at radius 2 is 0.900 bits per heavy atom. The van der Waals surface area contributed by atoms with Gasteiger partial charge in [-0.1, -0.05) is 77.6 Å². The van der Waals surface area contributed by atoms with Gasteiger partial charge in [0.05, 0.1) is 6.61 Å². The molecule has 0 atom stereocenters. The van der Waals surface area contributed by atoms with Crippen molar-refractivity contribution in [1.29, 1.82) is 0 Å². The van der Waals surface area contributed by atoms with E-state index < -0.39 is 15.6 Å². The van der Waals surface area contributed by atoms with Gasteiger partial charge in [0.15, 0.2) is 0 Å². The van der Waals surface area contributed by atoms with Gasteiger partial charge >= 0.3 is 15.6 Å². The molecule has 30 heavy (non-hydrogen) atoms. The van der Waals surface area contributed by atoms with Crippen LogP contribution in [-0.4, -0.2) is 44.2 Å². The standard InChI is InChI=1S/C12H27N.C6H16NO4P.H3O4P/c1-2-3-4-5-6-7-8-9-10-11-12-13;7-5-3-1-2-4-6-11-12(8,9)10;1-5(2,3)4/h2-13H2,1H3;1-7H2,(H2,8,9,10);(H3,1,2,3,4). The average Bonchev–Trinajstić information content (AvgIpc) is 2.62. The molecule has 0 aliphatic carbocycles. The highest BCUT2D eigenvalue weighted by atomic mass is 31.2. The highest BCUT2D eigenvalue weighted by Gasteiger charge is 2.12. The molecule has 0 heterocycles. The van der Waals surface area contributed by atoms with Crippen LogP contribution < -0.4 is 11.5 Å². The number of unbranched alkanes of at least 4 members (excludes halogenated alkanes) is 12. The van der Waals surface area contributed by atoms with Crippen molar-refractivity contribution in [2.75, 3.05) is 19.7 Å². The number of phosphoric ester groups is 1. The van der Waals surface area contributed by atoms with Crippen LogP contribution >= 0.6 is 15.6 Å². The first-order valence-corrected chi connectivity index (χ1v) is 14.0. The van der Waals surface area contributed by atoms with Crippen LogP contribution in [0.2, 0.25) is 0 Å². The Balaban J connectivity index is -0.000000399. The molecule has 12 heteroatoms. The Morgan fingerprint density at radius 3 is 1.20 bits per heavy atom. The summed E-state index contributed by atoms with van der Waals surface area (Å²) in [5.41, 5.74) is 10.7. The molecule has 0 rings (SSSR count). The summed E-state index contributed by atoms with van der Waals surface area (Å²) in [4.78, 5) is 38.1. The Morgan fingerprint density at radius 1 is 0.600 bits per heavy atom. The lowest BCUT2D eigenvalue weighted by Crippen LogP contribution is -1.98. The maximum atomic E-state index is 10.2. The fourth-order valence-corrected chi connectivity index (χ4v) is 2.78. The number of rotatable bonds is 17. The quantitative estimate of drug-likeness (QED) is 0.119. The molecule has 0 saturated carbocycles. The van der Waals surface area contributed by atoms with Crippen molar-refractivity contribution in [2.45, 2.75) is 96.8 Å². The first kappa shape index (κ1) is 34.7. The van der Waals surface area contributed by atoms with Gasteiger partial charge in [0, 0.05) is 0 Å². The Labute approximate surface area is 182 Å². The second kappa shape index (κ2) is 25.4. The summed E-state index contributed by atoms with van der Waals surface area (Å²) in [6.45, 7) is 3.93. The molecule has 0 aromatic carbocycles. The monoisotopic (exact) mass is 480 g/mol. The van der Waals surface area contributed by atoms with Crippen LogP contribution in [0, 0.1) is 0 Å². The lowest BCUT2D eigenvalue weighted by molar-refractivity contribution is 0.193. The van der Waals surface area contributed by atoms with Crippen LogP contribution in [0.3, 0.4) is 0 Å². The van der Waals surface area contributed by atoms with Crippen molar-refractivity contribution in [1.82, 2.24) is 0 Å². The summed E-state index contributed by atoms with van der Waals surface area (Å²) < 4.78 is 23.3. The van der Waals surface area contributed by atoms with Crippen LogP contribution in [0.5, 0.6) is 0 Å². The molecule has 0 bridgehead atoms. The summed E-state index contributed by atoms with van der Waals surface area (Å²) in [5, 5.41) is 0. The second-order valence-corrected chi connectivity index (χ2v) is 9.28. The van der Waals surface area contributed by atoms with Crippen molar-refractivity contribution in [3.63, 3.8) is 0 Å². The lowest BCUT2D eigenvalue weighted by Gasteiger charge is -2.03. The van der Waals surface area contributed by atoms with Crippen LogP contribution in [0.25, 0.3) is 0 Å². The molecule has 0 aromatic rings. The first-order valence-electron chi connectivity index (χ1n) is 10.9. The molecule has 0 aliphatic heterocycles. The Bertz CT molecular complexity index is 401. The van der Waals surface area contributed by atoms with Crippen LogP contribution in [0.1, 0.15) is 96.8 Å². The van der Waals surface area contributed by atoms with Crippen molar-refractivity contribution < 1.29 is 38.1 Å². The largest absolute Gasteiger partial charge is 0.469 e. The Kier molecular flexibility index (Phi) is 29.4. The summed E-state index contributed by atoms with van der Waals surface area (Å²) in [6, 6.07) is 0. The molecule has 0 unspecified atom stereocenters. The molecule has 10 nitrogen and oxygen atoms in total. The molecular formula is C18H46N2O8P2. The first-order chi connectivity index (χ1) is 14.0. The molecule has 0 aromatic heterocycles. The van der Waals surface area contributed by atoms with Gasteiger partial charge in [-0.25, -0.2) is 9.13 Å². The summed E-state index contributed by atoms with van der Waals surface area (Å²) >= 11 is 0. The summed E-state index contributed by atoms with van der Waals surface area (Å²) in [6.07, 6.45) is 17.4. The molecule has 0 spiro atoms. The van der Waals surface area contributed by atoms with Gasteiger partial charge in [-0.05, 0) is 32.4 Å². The molecule has 186 valence electrons. The smallest absolute Gasteiger partial charge is 0.330 e. The van der Waals surface area contributed by atoms with E-state index in [2.05, 4.69) is 11.4 Å². The predicted molar refractivity (Wildman–Crippen MR) is 121 cm³/mol. The van der Waals surface area contributed by atoms with Crippen molar-refractivity contribution in [3.05, 3.63) is 0 Å². The van der Waals surface area contributed by atoms with Crippen molar-refractivity contribution >= 4 is 15.6 Å². The third-order valence-corrected chi connectivity index (χ3v) is 4.43. The van der Waals surface area contributed by atoms with Crippen LogP contribution in [0.4, 0.5) is 0 Å². The Hall–Kier alpha value is 0.140. The highest BCUT2D eigenvalue weighted by molar-refractivity contribution is 7.46. The number of nitrogens with two attached hydrogens (primary N) is 2. The third kappa shape index (κ3) is 56.6. The van der Waals surface area contributed by atoms with Crippen LogP contribution in [0.15, 0.2) is 0 Å². The molecule has 0 fully saturated rings.